The molecular weight excluding hydrogens is 276 g/mol. The van der Waals surface area contributed by atoms with Crippen molar-refractivity contribution in [1.82, 2.24) is 10.2 Å². The summed E-state index contributed by atoms with van der Waals surface area (Å²) in [4.78, 5) is 24.6. The number of hydrogen-bond donors (Lipinski definition) is 3. The molecule has 1 saturated carbocycles. The second kappa shape index (κ2) is 5.81. The van der Waals surface area contributed by atoms with Crippen LogP contribution < -0.4 is 5.32 Å². The molecule has 0 aromatic carbocycles. The van der Waals surface area contributed by atoms with Gasteiger partial charge in [-0.3, -0.25) is 0 Å². The van der Waals surface area contributed by atoms with E-state index in [1.165, 1.54) is 4.90 Å². The summed E-state index contributed by atoms with van der Waals surface area (Å²) in [6.07, 6.45) is 0.133. The number of carboxylic acids is 1. The van der Waals surface area contributed by atoms with Crippen molar-refractivity contribution in [3.05, 3.63) is 0 Å². The number of amides is 2. The van der Waals surface area contributed by atoms with E-state index in [1.807, 2.05) is 20.8 Å². The maximum atomic E-state index is 12.3. The minimum atomic E-state index is -1.08. The fraction of sp³-hybridized carbons (Fsp3) is 0.857. The number of carboxylic acid groups (broad SMARTS) is 1. The number of aliphatic hydroxyl groups excluding tert-OH is 1. The molecule has 0 bridgehead atoms. The van der Waals surface area contributed by atoms with Gasteiger partial charge in [0.25, 0.3) is 0 Å². The molecule has 21 heavy (non-hydrogen) atoms. The van der Waals surface area contributed by atoms with Gasteiger partial charge in [0, 0.05) is 31.0 Å². The van der Waals surface area contributed by atoms with Crippen LogP contribution in [0.4, 0.5) is 4.79 Å². The molecule has 0 aromatic heterocycles. The van der Waals surface area contributed by atoms with E-state index in [9.17, 15) is 14.7 Å². The van der Waals surface area contributed by atoms with Crippen LogP contribution in [-0.4, -0.2) is 64.6 Å². The number of likely N-dealkylation sites (tertiary alicyclic amines) is 1. The molecule has 1 aliphatic carbocycles. The van der Waals surface area contributed by atoms with Gasteiger partial charge in [0.15, 0.2) is 0 Å². The molecule has 2 aliphatic rings. The number of ether oxygens (including phenoxy) is 1. The number of nitrogens with one attached hydrogen (secondary N) is 1. The number of hydrogen-bond acceptors (Lipinski definition) is 4. The second-order valence-electron chi connectivity index (χ2n) is 6.40. The van der Waals surface area contributed by atoms with E-state index in [0.29, 0.717) is 6.61 Å². The van der Waals surface area contributed by atoms with Gasteiger partial charge < -0.3 is 25.2 Å². The molecule has 2 amide bonds. The zero-order valence-electron chi connectivity index (χ0n) is 12.7. The summed E-state index contributed by atoms with van der Waals surface area (Å²) in [6, 6.07) is -1.42. The molecule has 2 rings (SSSR count). The first-order valence-corrected chi connectivity index (χ1v) is 7.37. The minimum absolute atomic E-state index is 0.0475. The smallest absolute Gasteiger partial charge is 0.326 e. The predicted octanol–water partition coefficient (Wildman–Crippen LogP) is 0.419. The van der Waals surface area contributed by atoms with Crippen LogP contribution in [0.25, 0.3) is 0 Å². The van der Waals surface area contributed by atoms with Gasteiger partial charge in [-0.2, -0.15) is 0 Å². The van der Waals surface area contributed by atoms with Crippen molar-refractivity contribution in [3.8, 4) is 0 Å². The molecule has 3 N–H and O–H groups in total. The van der Waals surface area contributed by atoms with Crippen LogP contribution in [0.2, 0.25) is 0 Å². The lowest BCUT2D eigenvalue weighted by Crippen LogP contribution is -2.64. The van der Waals surface area contributed by atoms with Gasteiger partial charge in [0.2, 0.25) is 0 Å². The molecule has 4 atom stereocenters. The quantitative estimate of drug-likeness (QED) is 0.699. The standard InChI is InChI=1S/C14H24N2O5/c1-4-21-11-6-10(14(11,2)3)15-13(20)16-7-8(17)5-9(16)12(18)19/h8-11,17H,4-7H2,1-3H3,(H,15,20)(H,18,19)/t8-,9+,10?,11?/m1/s1. The Labute approximate surface area is 124 Å². The second-order valence-corrected chi connectivity index (χ2v) is 6.40. The van der Waals surface area contributed by atoms with Crippen molar-refractivity contribution in [2.75, 3.05) is 13.2 Å². The molecule has 1 aliphatic heterocycles. The zero-order valence-corrected chi connectivity index (χ0v) is 12.7. The van der Waals surface area contributed by atoms with Crippen LogP contribution in [0, 0.1) is 5.41 Å². The monoisotopic (exact) mass is 300 g/mol. The summed E-state index contributed by atoms with van der Waals surface area (Å²) < 4.78 is 5.61. The van der Waals surface area contributed by atoms with Crippen LogP contribution in [0.5, 0.6) is 0 Å². The van der Waals surface area contributed by atoms with Crippen LogP contribution in [0.15, 0.2) is 0 Å². The third-order valence-electron chi connectivity index (χ3n) is 4.67. The maximum absolute atomic E-state index is 12.3. The first-order valence-electron chi connectivity index (χ1n) is 7.37. The van der Waals surface area contributed by atoms with Gasteiger partial charge in [0.05, 0.1) is 12.2 Å². The van der Waals surface area contributed by atoms with Crippen molar-refractivity contribution in [2.24, 2.45) is 5.41 Å². The summed E-state index contributed by atoms with van der Waals surface area (Å²) in [5.74, 6) is -1.08. The van der Waals surface area contributed by atoms with E-state index >= 15 is 0 Å². The average Bonchev–Trinajstić information content (AvgIpc) is 2.80. The Morgan fingerprint density at radius 2 is 2.05 bits per heavy atom. The fourth-order valence-corrected chi connectivity index (χ4v) is 3.12. The van der Waals surface area contributed by atoms with E-state index in [0.717, 1.165) is 6.42 Å². The van der Waals surface area contributed by atoms with Gasteiger partial charge in [-0.05, 0) is 13.3 Å². The van der Waals surface area contributed by atoms with Crippen LogP contribution >= 0.6 is 0 Å². The first-order chi connectivity index (χ1) is 9.77. The lowest BCUT2D eigenvalue weighted by Gasteiger charge is -2.51. The van der Waals surface area contributed by atoms with E-state index in [4.69, 9.17) is 9.84 Å². The number of aliphatic carboxylic acids is 1. The van der Waals surface area contributed by atoms with Crippen molar-refractivity contribution >= 4 is 12.0 Å². The first kappa shape index (κ1) is 16.0. The summed E-state index contributed by atoms with van der Waals surface area (Å²) >= 11 is 0. The zero-order chi connectivity index (χ0) is 15.8. The highest BCUT2D eigenvalue weighted by atomic mass is 16.5. The maximum Gasteiger partial charge on any atom is 0.326 e. The molecule has 2 fully saturated rings. The van der Waals surface area contributed by atoms with E-state index in [2.05, 4.69) is 5.32 Å². The summed E-state index contributed by atoms with van der Waals surface area (Å²) in [7, 11) is 0. The van der Waals surface area contributed by atoms with Gasteiger partial charge in [-0.15, -0.1) is 0 Å². The Balaban J connectivity index is 1.95. The molecule has 0 spiro atoms. The summed E-state index contributed by atoms with van der Waals surface area (Å²) in [5, 5.41) is 21.6. The third-order valence-corrected chi connectivity index (χ3v) is 4.67. The minimum Gasteiger partial charge on any atom is -0.480 e. The van der Waals surface area contributed by atoms with E-state index in [-0.39, 0.29) is 30.5 Å². The highest BCUT2D eigenvalue weighted by Crippen LogP contribution is 2.42. The highest BCUT2D eigenvalue weighted by molar-refractivity contribution is 5.83. The molecular formula is C14H24N2O5. The van der Waals surface area contributed by atoms with Gasteiger partial charge >= 0.3 is 12.0 Å². The van der Waals surface area contributed by atoms with Gasteiger partial charge in [-0.25, -0.2) is 9.59 Å². The summed E-state index contributed by atoms with van der Waals surface area (Å²) in [6.45, 7) is 6.68. The Morgan fingerprint density at radius 3 is 2.57 bits per heavy atom. The lowest BCUT2D eigenvalue weighted by molar-refractivity contribution is -0.141. The predicted molar refractivity (Wildman–Crippen MR) is 74.9 cm³/mol. The fourth-order valence-electron chi connectivity index (χ4n) is 3.12. The van der Waals surface area contributed by atoms with Crippen molar-refractivity contribution in [1.29, 1.82) is 0 Å². The Hall–Kier alpha value is -1.34. The molecule has 7 nitrogen and oxygen atoms in total. The normalized spacial score (nSPS) is 34.4. The largest absolute Gasteiger partial charge is 0.480 e. The molecule has 7 heteroatoms. The van der Waals surface area contributed by atoms with Crippen LogP contribution in [0.3, 0.4) is 0 Å². The Kier molecular flexibility index (Phi) is 4.43. The number of carbonyl (C=O) groups is 2. The van der Waals surface area contributed by atoms with E-state index in [1.54, 1.807) is 0 Å². The molecule has 0 radical (unpaired) electrons. The molecule has 2 unspecified atom stereocenters. The molecule has 120 valence electrons. The highest BCUT2D eigenvalue weighted by Gasteiger charge is 2.50. The Morgan fingerprint density at radius 1 is 1.38 bits per heavy atom. The molecule has 1 heterocycles. The third kappa shape index (κ3) is 2.98. The van der Waals surface area contributed by atoms with Crippen LogP contribution in [0.1, 0.15) is 33.6 Å². The average molecular weight is 300 g/mol. The van der Waals surface area contributed by atoms with Crippen molar-refractivity contribution < 1.29 is 24.5 Å². The number of aliphatic hydroxyl groups is 1. The SMILES string of the molecule is CCOC1CC(NC(=O)N2C[C@H](O)C[C@H]2C(=O)O)C1(C)C. The number of urea groups is 1. The molecule has 0 aromatic rings. The topological polar surface area (TPSA) is 99.1 Å². The number of β-amino-alcohol motifs (C(OH)–C–C–N with tert-alkyl or cyclic N) is 1. The van der Waals surface area contributed by atoms with Gasteiger partial charge in [0.1, 0.15) is 6.04 Å². The van der Waals surface area contributed by atoms with Crippen molar-refractivity contribution in [3.63, 3.8) is 0 Å². The van der Waals surface area contributed by atoms with Crippen molar-refractivity contribution in [2.45, 2.75) is 57.9 Å². The number of carbonyl (C=O) groups excluding carboxylic acids is 1. The lowest BCUT2D eigenvalue weighted by atomic mass is 9.64. The van der Waals surface area contributed by atoms with E-state index < -0.39 is 24.1 Å². The number of nitrogens with zero attached hydrogens (tertiary/aromatic N) is 1. The summed E-state index contributed by atoms with van der Waals surface area (Å²) in [5.41, 5.74) is -0.178. The number of rotatable bonds is 4. The van der Waals surface area contributed by atoms with Gasteiger partial charge in [-0.1, -0.05) is 13.8 Å². The Bertz CT molecular complexity index is 426. The van der Waals surface area contributed by atoms with Crippen LogP contribution in [-0.2, 0) is 9.53 Å². The molecule has 1 saturated heterocycles.